The van der Waals surface area contributed by atoms with Crippen LogP contribution in [0.5, 0.6) is 0 Å². The molecule has 2 aliphatic heterocycles. The summed E-state index contributed by atoms with van der Waals surface area (Å²) in [7, 11) is 0. The minimum atomic E-state index is -0.0110. The number of anilines is 3. The van der Waals surface area contributed by atoms with E-state index in [1.807, 2.05) is 6.26 Å². The van der Waals surface area contributed by atoms with Gasteiger partial charge in [0.15, 0.2) is 5.58 Å². The Morgan fingerprint density at radius 3 is 2.23 bits per heavy atom. The lowest BCUT2D eigenvalue weighted by Crippen LogP contribution is -2.56. The maximum Gasteiger partial charge on any atom is 0.333 e. The minimum absolute atomic E-state index is 0.0110. The summed E-state index contributed by atoms with van der Waals surface area (Å²) in [4.78, 5) is 2.49. The van der Waals surface area contributed by atoms with Crippen LogP contribution in [0.3, 0.4) is 0 Å². The van der Waals surface area contributed by atoms with Gasteiger partial charge in [0.05, 0.1) is 17.6 Å². The second kappa shape index (κ2) is 8.00. The van der Waals surface area contributed by atoms with E-state index in [9.17, 15) is 0 Å². The van der Waals surface area contributed by atoms with E-state index < -0.39 is 0 Å². The molecule has 0 fully saturated rings. The van der Waals surface area contributed by atoms with Gasteiger partial charge in [-0.25, -0.2) is 0 Å². The summed E-state index contributed by atoms with van der Waals surface area (Å²) >= 11 is 0. The molecule has 2 aromatic heterocycles. The Hall–Kier alpha value is -5.74. The highest BCUT2D eigenvalue weighted by atomic mass is 16.3. The van der Waals surface area contributed by atoms with Gasteiger partial charge in [0, 0.05) is 43.8 Å². The highest BCUT2D eigenvalue weighted by Gasteiger charge is 2.44. The van der Waals surface area contributed by atoms with Crippen molar-refractivity contribution in [1.82, 2.24) is 4.48 Å². The maximum absolute atomic E-state index is 6.43. The summed E-state index contributed by atoms with van der Waals surface area (Å²) in [5.74, 6) is 0. The third kappa shape index (κ3) is 2.70. The van der Waals surface area contributed by atoms with Gasteiger partial charge in [-0.2, -0.15) is 0 Å². The zero-order chi connectivity index (χ0) is 28.5. The van der Waals surface area contributed by atoms with Gasteiger partial charge in [0.2, 0.25) is 0 Å². The van der Waals surface area contributed by atoms with Crippen molar-refractivity contribution in [3.05, 3.63) is 140 Å². The van der Waals surface area contributed by atoms with Gasteiger partial charge in [0.1, 0.15) is 0 Å². The van der Waals surface area contributed by atoms with Gasteiger partial charge in [-0.05, 0) is 63.0 Å². The SMILES string of the molecule is c1ccc2cc(N3c4c(ccc5ccccc45)B4c5c(cc6ccoc6c53)-c3cccc5c6ccccc6n4c35)ccc2c1. The maximum atomic E-state index is 6.43. The molecule has 0 atom stereocenters. The summed E-state index contributed by atoms with van der Waals surface area (Å²) in [5, 5.41) is 8.63. The number of aromatic nitrogens is 1. The van der Waals surface area contributed by atoms with Crippen molar-refractivity contribution in [2.75, 3.05) is 4.90 Å². The molecule has 0 aliphatic carbocycles. The lowest BCUT2D eigenvalue weighted by molar-refractivity contribution is 0.616. The van der Waals surface area contributed by atoms with Gasteiger partial charge in [-0.15, -0.1) is 0 Å². The van der Waals surface area contributed by atoms with Crippen molar-refractivity contribution >= 4 is 89.2 Å². The fourth-order valence-electron chi connectivity index (χ4n) is 8.22. The lowest BCUT2D eigenvalue weighted by atomic mass is 9.44. The molecule has 0 unspecified atom stereocenters. The standard InChI is InChI=1S/C40H23BN2O/c1-2-10-26-22-28(18-16-24(26)8-1)42-38-29-11-4-3-9-25(29)17-19-34(38)41-36-33(23-27-20-21-44-40(27)39(36)42)32-14-7-13-31-30-12-5-6-15-35(30)43(41)37(31)32/h1-23H. The van der Waals surface area contributed by atoms with E-state index in [1.54, 1.807) is 0 Å². The molecule has 0 amide bonds. The molecule has 2 aliphatic rings. The number of benzene rings is 7. The predicted octanol–water partition coefficient (Wildman–Crippen LogP) is 9.26. The van der Waals surface area contributed by atoms with E-state index >= 15 is 0 Å². The third-order valence-electron chi connectivity index (χ3n) is 9.97. The summed E-state index contributed by atoms with van der Waals surface area (Å²) in [6.45, 7) is -0.0110. The van der Waals surface area contributed by atoms with Crippen molar-refractivity contribution in [2.24, 2.45) is 0 Å². The largest absolute Gasteiger partial charge is 0.462 e. The monoisotopic (exact) mass is 558 g/mol. The number of rotatable bonds is 1. The summed E-state index contributed by atoms with van der Waals surface area (Å²) in [6, 6.07) is 49.1. The van der Waals surface area contributed by atoms with E-state index in [-0.39, 0.29) is 6.85 Å². The van der Waals surface area contributed by atoms with E-state index in [4.69, 9.17) is 4.42 Å². The Labute approximate surface area is 253 Å². The summed E-state index contributed by atoms with van der Waals surface area (Å²) in [5.41, 5.74) is 12.1. The fraction of sp³-hybridized carbons (Fsp3) is 0. The van der Waals surface area contributed by atoms with Gasteiger partial charge < -0.3 is 13.8 Å². The quantitative estimate of drug-likeness (QED) is 0.187. The zero-order valence-corrected chi connectivity index (χ0v) is 23.7. The molecule has 4 heterocycles. The molecule has 3 nitrogen and oxygen atoms in total. The molecule has 0 radical (unpaired) electrons. The van der Waals surface area contributed by atoms with E-state index in [1.165, 1.54) is 71.1 Å². The smallest absolute Gasteiger partial charge is 0.333 e. The average Bonchev–Trinajstić information content (AvgIpc) is 3.69. The van der Waals surface area contributed by atoms with Crippen molar-refractivity contribution < 1.29 is 4.42 Å². The fourth-order valence-corrected chi connectivity index (χ4v) is 8.22. The van der Waals surface area contributed by atoms with Crippen molar-refractivity contribution in [2.45, 2.75) is 0 Å². The Kier molecular flexibility index (Phi) is 4.15. The predicted molar refractivity (Wildman–Crippen MR) is 185 cm³/mol. The van der Waals surface area contributed by atoms with E-state index in [0.717, 1.165) is 22.3 Å². The van der Waals surface area contributed by atoms with Crippen molar-refractivity contribution in [1.29, 1.82) is 0 Å². The first-order valence-corrected chi connectivity index (χ1v) is 15.2. The zero-order valence-electron chi connectivity index (χ0n) is 23.7. The van der Waals surface area contributed by atoms with Crippen LogP contribution < -0.4 is 15.8 Å². The molecular weight excluding hydrogens is 535 g/mol. The number of fused-ring (bicyclic) bond motifs is 12. The summed E-state index contributed by atoms with van der Waals surface area (Å²) < 4.78 is 9.04. The highest BCUT2D eigenvalue weighted by Crippen LogP contribution is 2.49. The Morgan fingerprint density at radius 1 is 0.523 bits per heavy atom. The lowest BCUT2D eigenvalue weighted by Gasteiger charge is -2.41. The second-order valence-electron chi connectivity index (χ2n) is 12.1. The molecule has 44 heavy (non-hydrogen) atoms. The van der Waals surface area contributed by atoms with Crippen LogP contribution in [-0.2, 0) is 0 Å². The number of hydrogen-bond donors (Lipinski definition) is 0. The number of nitrogens with zero attached hydrogens (tertiary/aromatic N) is 2. The van der Waals surface area contributed by atoms with Crippen LogP contribution >= 0.6 is 0 Å². The molecule has 0 N–H and O–H groups in total. The van der Waals surface area contributed by atoms with Gasteiger partial charge in [-0.3, -0.25) is 0 Å². The van der Waals surface area contributed by atoms with Crippen LogP contribution in [0.2, 0.25) is 0 Å². The molecule has 0 spiro atoms. The Morgan fingerprint density at radius 2 is 1.30 bits per heavy atom. The van der Waals surface area contributed by atoms with Crippen LogP contribution in [0.1, 0.15) is 0 Å². The van der Waals surface area contributed by atoms with E-state index in [2.05, 4.69) is 143 Å². The molecular formula is C40H23BN2O. The molecule has 202 valence electrons. The van der Waals surface area contributed by atoms with Gasteiger partial charge in [0.25, 0.3) is 0 Å². The minimum Gasteiger partial charge on any atom is -0.462 e. The first kappa shape index (κ1) is 22.8. The Balaban J connectivity index is 1.38. The van der Waals surface area contributed by atoms with E-state index in [0.29, 0.717) is 0 Å². The van der Waals surface area contributed by atoms with Gasteiger partial charge in [-0.1, -0.05) is 103 Å². The average molecular weight is 558 g/mol. The van der Waals surface area contributed by atoms with Crippen LogP contribution in [0, 0.1) is 0 Å². The second-order valence-corrected chi connectivity index (χ2v) is 12.1. The molecule has 0 saturated carbocycles. The molecule has 11 rings (SSSR count). The van der Waals surface area contributed by atoms with Crippen LogP contribution in [-0.4, -0.2) is 11.3 Å². The molecule has 0 bridgehead atoms. The van der Waals surface area contributed by atoms with Crippen LogP contribution in [0.15, 0.2) is 144 Å². The third-order valence-corrected chi connectivity index (χ3v) is 9.97. The topological polar surface area (TPSA) is 21.3 Å². The Bertz CT molecular complexity index is 2700. The highest BCUT2D eigenvalue weighted by molar-refractivity contribution is 6.90. The molecule has 0 saturated heterocycles. The van der Waals surface area contributed by atoms with Crippen LogP contribution in [0.25, 0.3) is 65.4 Å². The molecule has 7 aromatic carbocycles. The van der Waals surface area contributed by atoms with Gasteiger partial charge >= 0.3 is 6.85 Å². The number of hydrogen-bond acceptors (Lipinski definition) is 2. The number of para-hydroxylation sites is 2. The number of furan rings is 1. The molecule has 4 heteroatoms. The van der Waals surface area contributed by atoms with Crippen LogP contribution in [0.4, 0.5) is 17.1 Å². The first-order valence-electron chi connectivity index (χ1n) is 15.2. The summed E-state index contributed by atoms with van der Waals surface area (Å²) in [6.07, 6.45) is 1.84. The first-order chi connectivity index (χ1) is 21.8. The van der Waals surface area contributed by atoms with Crippen molar-refractivity contribution in [3.8, 4) is 11.1 Å². The molecule has 9 aromatic rings. The normalized spacial score (nSPS) is 13.4. The van der Waals surface area contributed by atoms with Crippen molar-refractivity contribution in [3.63, 3.8) is 0 Å².